The van der Waals surface area contributed by atoms with Gasteiger partial charge in [0.25, 0.3) is 0 Å². The van der Waals surface area contributed by atoms with Gasteiger partial charge >= 0.3 is 0 Å². The Kier molecular flexibility index (Phi) is 4.41. The Bertz CT molecular complexity index is 588. The third-order valence-electron chi connectivity index (χ3n) is 3.22. The van der Waals surface area contributed by atoms with Gasteiger partial charge in [-0.05, 0) is 29.2 Å². The van der Waals surface area contributed by atoms with E-state index in [1.165, 1.54) is 5.56 Å². The number of ether oxygens (including phenoxy) is 1. The Balaban J connectivity index is 2.07. The van der Waals surface area contributed by atoms with E-state index in [1.807, 2.05) is 18.2 Å². The number of nitrogen functional groups attached to an aromatic ring is 1. The van der Waals surface area contributed by atoms with Crippen molar-refractivity contribution < 1.29 is 4.74 Å². The molecule has 0 fully saturated rings. The average molecular weight is 268 g/mol. The minimum atomic E-state index is 0.0238. The van der Waals surface area contributed by atoms with Crippen molar-refractivity contribution in [3.05, 3.63) is 65.2 Å². The topological polar surface area (TPSA) is 59.1 Å². The van der Waals surface area contributed by atoms with Crippen molar-refractivity contribution in [3.63, 3.8) is 0 Å². The van der Waals surface area contributed by atoms with Crippen LogP contribution in [-0.4, -0.2) is 5.84 Å². The zero-order valence-electron chi connectivity index (χ0n) is 11.9. The first-order chi connectivity index (χ1) is 9.58. The summed E-state index contributed by atoms with van der Waals surface area (Å²) >= 11 is 0. The Labute approximate surface area is 119 Å². The lowest BCUT2D eigenvalue weighted by Gasteiger charge is -2.11. The fourth-order valence-corrected chi connectivity index (χ4v) is 1.97. The molecule has 0 atom stereocenters. The van der Waals surface area contributed by atoms with Crippen LogP contribution < -0.4 is 10.5 Å². The molecule has 0 heterocycles. The Morgan fingerprint density at radius 3 is 2.35 bits per heavy atom. The van der Waals surface area contributed by atoms with Crippen molar-refractivity contribution in [1.82, 2.24) is 0 Å². The highest BCUT2D eigenvalue weighted by molar-refractivity contribution is 5.97. The second kappa shape index (κ2) is 6.24. The number of amidine groups is 1. The van der Waals surface area contributed by atoms with E-state index in [2.05, 4.69) is 38.1 Å². The van der Waals surface area contributed by atoms with Crippen molar-refractivity contribution in [1.29, 1.82) is 5.41 Å². The van der Waals surface area contributed by atoms with Gasteiger partial charge in [-0.25, -0.2) is 0 Å². The standard InChI is InChI=1S/C17H20N2O/c1-12(2)14-9-7-13(8-10-14)11-20-16-6-4-3-5-15(16)17(18)19/h3-10,12H,11H2,1-2H3,(H3,18,19). The summed E-state index contributed by atoms with van der Waals surface area (Å²) in [4.78, 5) is 0. The number of rotatable bonds is 5. The number of nitrogens with two attached hydrogens (primary N) is 1. The molecule has 0 spiro atoms. The third-order valence-corrected chi connectivity index (χ3v) is 3.22. The van der Waals surface area contributed by atoms with Crippen molar-refractivity contribution in [2.24, 2.45) is 5.73 Å². The van der Waals surface area contributed by atoms with Crippen LogP contribution in [0.5, 0.6) is 5.75 Å². The first kappa shape index (κ1) is 14.1. The summed E-state index contributed by atoms with van der Waals surface area (Å²) in [6.07, 6.45) is 0. The minimum absolute atomic E-state index is 0.0238. The lowest BCUT2D eigenvalue weighted by molar-refractivity contribution is 0.305. The molecule has 0 aliphatic rings. The molecule has 3 nitrogen and oxygen atoms in total. The summed E-state index contributed by atoms with van der Waals surface area (Å²) in [6, 6.07) is 15.8. The van der Waals surface area contributed by atoms with Crippen LogP contribution in [0.1, 0.15) is 36.5 Å². The summed E-state index contributed by atoms with van der Waals surface area (Å²) in [5, 5.41) is 7.53. The minimum Gasteiger partial charge on any atom is -0.488 e. The van der Waals surface area contributed by atoms with Gasteiger partial charge < -0.3 is 10.5 Å². The van der Waals surface area contributed by atoms with Gasteiger partial charge in [-0.1, -0.05) is 50.2 Å². The number of para-hydroxylation sites is 1. The van der Waals surface area contributed by atoms with E-state index < -0.39 is 0 Å². The first-order valence-corrected chi connectivity index (χ1v) is 6.73. The largest absolute Gasteiger partial charge is 0.488 e. The summed E-state index contributed by atoms with van der Waals surface area (Å²) < 4.78 is 5.76. The summed E-state index contributed by atoms with van der Waals surface area (Å²) in [5.41, 5.74) is 8.59. The van der Waals surface area contributed by atoms with Crippen LogP contribution in [0.25, 0.3) is 0 Å². The lowest BCUT2D eigenvalue weighted by atomic mass is 10.0. The van der Waals surface area contributed by atoms with Gasteiger partial charge in [-0.15, -0.1) is 0 Å². The molecule has 3 heteroatoms. The van der Waals surface area contributed by atoms with E-state index in [9.17, 15) is 0 Å². The molecule has 2 aromatic rings. The van der Waals surface area contributed by atoms with Gasteiger partial charge in [0, 0.05) is 0 Å². The molecule has 104 valence electrons. The van der Waals surface area contributed by atoms with Crippen LogP contribution in [0.3, 0.4) is 0 Å². The number of nitrogens with one attached hydrogen (secondary N) is 1. The molecule has 3 N–H and O–H groups in total. The maximum absolute atomic E-state index is 7.53. The maximum atomic E-state index is 7.53. The highest BCUT2D eigenvalue weighted by atomic mass is 16.5. The molecule has 0 aliphatic heterocycles. The van der Waals surface area contributed by atoms with Crippen LogP contribution in [-0.2, 0) is 6.61 Å². The monoisotopic (exact) mass is 268 g/mol. The number of hydrogen-bond donors (Lipinski definition) is 2. The predicted octanol–water partition coefficient (Wildman–Crippen LogP) is 3.67. The van der Waals surface area contributed by atoms with Crippen LogP contribution >= 0.6 is 0 Å². The van der Waals surface area contributed by atoms with Gasteiger partial charge in [0.1, 0.15) is 18.2 Å². The molecular weight excluding hydrogens is 248 g/mol. The molecule has 0 saturated carbocycles. The fraction of sp³-hybridized carbons (Fsp3) is 0.235. The Morgan fingerprint density at radius 1 is 1.10 bits per heavy atom. The van der Waals surface area contributed by atoms with Crippen LogP contribution in [0, 0.1) is 5.41 Å². The molecule has 20 heavy (non-hydrogen) atoms. The molecule has 0 aliphatic carbocycles. The molecule has 2 aromatic carbocycles. The quantitative estimate of drug-likeness (QED) is 0.642. The van der Waals surface area contributed by atoms with Crippen LogP contribution in [0.15, 0.2) is 48.5 Å². The number of hydrogen-bond acceptors (Lipinski definition) is 2. The summed E-state index contributed by atoms with van der Waals surface area (Å²) in [5.74, 6) is 1.20. The van der Waals surface area contributed by atoms with Crippen LogP contribution in [0.2, 0.25) is 0 Å². The van der Waals surface area contributed by atoms with E-state index in [-0.39, 0.29) is 5.84 Å². The van der Waals surface area contributed by atoms with Gasteiger partial charge in [0.15, 0.2) is 0 Å². The van der Waals surface area contributed by atoms with Crippen molar-refractivity contribution in [2.45, 2.75) is 26.4 Å². The summed E-state index contributed by atoms with van der Waals surface area (Å²) in [7, 11) is 0. The highest BCUT2D eigenvalue weighted by Crippen LogP contribution is 2.20. The normalized spacial score (nSPS) is 10.6. The van der Waals surface area contributed by atoms with Gasteiger partial charge in [-0.3, -0.25) is 5.41 Å². The maximum Gasteiger partial charge on any atom is 0.130 e. The van der Waals surface area contributed by atoms with E-state index in [1.54, 1.807) is 6.07 Å². The second-order valence-corrected chi connectivity index (χ2v) is 5.09. The van der Waals surface area contributed by atoms with Crippen LogP contribution in [0.4, 0.5) is 0 Å². The molecule has 0 aromatic heterocycles. The Hall–Kier alpha value is -2.29. The second-order valence-electron chi connectivity index (χ2n) is 5.09. The van der Waals surface area contributed by atoms with Gasteiger partial charge in [0.05, 0.1) is 5.56 Å². The van der Waals surface area contributed by atoms with Crippen molar-refractivity contribution in [3.8, 4) is 5.75 Å². The average Bonchev–Trinajstić information content (AvgIpc) is 2.45. The fourth-order valence-electron chi connectivity index (χ4n) is 1.97. The molecule has 0 unspecified atom stereocenters. The van der Waals surface area contributed by atoms with E-state index in [4.69, 9.17) is 15.9 Å². The first-order valence-electron chi connectivity index (χ1n) is 6.73. The zero-order chi connectivity index (χ0) is 14.5. The molecular formula is C17H20N2O. The van der Waals surface area contributed by atoms with Gasteiger partial charge in [-0.2, -0.15) is 0 Å². The summed E-state index contributed by atoms with van der Waals surface area (Å²) in [6.45, 7) is 4.83. The Morgan fingerprint density at radius 2 is 1.75 bits per heavy atom. The van der Waals surface area contributed by atoms with Crippen molar-refractivity contribution >= 4 is 5.84 Å². The highest BCUT2D eigenvalue weighted by Gasteiger charge is 2.06. The predicted molar refractivity (Wildman–Crippen MR) is 82.3 cm³/mol. The SMILES string of the molecule is CC(C)c1ccc(COc2ccccc2C(=N)N)cc1. The molecule has 0 amide bonds. The van der Waals surface area contributed by atoms with Crippen molar-refractivity contribution in [2.75, 3.05) is 0 Å². The van der Waals surface area contributed by atoms with E-state index in [0.717, 1.165) is 5.56 Å². The van der Waals surface area contributed by atoms with Gasteiger partial charge in [0.2, 0.25) is 0 Å². The molecule has 0 saturated heterocycles. The molecule has 0 bridgehead atoms. The smallest absolute Gasteiger partial charge is 0.130 e. The van der Waals surface area contributed by atoms with E-state index in [0.29, 0.717) is 23.8 Å². The third kappa shape index (κ3) is 3.38. The molecule has 0 radical (unpaired) electrons. The zero-order valence-corrected chi connectivity index (χ0v) is 11.9. The lowest BCUT2D eigenvalue weighted by Crippen LogP contribution is -2.13. The molecule has 2 rings (SSSR count). The van der Waals surface area contributed by atoms with E-state index >= 15 is 0 Å². The number of benzene rings is 2.